The Morgan fingerprint density at radius 3 is 2.77 bits per heavy atom. The van der Waals surface area contributed by atoms with E-state index in [2.05, 4.69) is 20.5 Å². The number of nitrogens with zero attached hydrogens (tertiary/aromatic N) is 5. The molecule has 7 nitrogen and oxygen atoms in total. The average Bonchev–Trinajstić information content (AvgIpc) is 3.04. The Kier molecular flexibility index (Phi) is 4.18. The molecule has 1 aromatic carbocycles. The first-order chi connectivity index (χ1) is 12.5. The highest BCUT2D eigenvalue weighted by Gasteiger charge is 2.28. The predicted molar refractivity (Wildman–Crippen MR) is 97.8 cm³/mol. The average molecular weight is 387 g/mol. The SMILES string of the molecule is CC(=O)NC1N=C(c2ccccc2Cl)c2nc(Cl)ccc2-n2cnnc21. The van der Waals surface area contributed by atoms with Crippen LogP contribution < -0.4 is 5.32 Å². The lowest BCUT2D eigenvalue weighted by Crippen LogP contribution is -2.27. The van der Waals surface area contributed by atoms with E-state index in [-0.39, 0.29) is 5.91 Å². The molecule has 0 bridgehead atoms. The second-order valence-electron chi connectivity index (χ2n) is 5.62. The van der Waals surface area contributed by atoms with E-state index in [1.165, 1.54) is 6.92 Å². The number of carbonyl (C=O) groups is 1. The molecule has 0 aliphatic carbocycles. The molecule has 1 atom stereocenters. The van der Waals surface area contributed by atoms with E-state index in [1.807, 2.05) is 18.2 Å². The molecule has 26 heavy (non-hydrogen) atoms. The van der Waals surface area contributed by atoms with Crippen LogP contribution in [0.25, 0.3) is 5.69 Å². The van der Waals surface area contributed by atoms with Gasteiger partial charge in [-0.25, -0.2) is 9.98 Å². The lowest BCUT2D eigenvalue weighted by molar-refractivity contribution is -0.119. The number of pyridine rings is 1. The van der Waals surface area contributed by atoms with Crippen molar-refractivity contribution in [3.63, 3.8) is 0 Å². The minimum atomic E-state index is -0.741. The van der Waals surface area contributed by atoms with Crippen molar-refractivity contribution in [1.29, 1.82) is 0 Å². The van der Waals surface area contributed by atoms with Crippen LogP contribution in [0.1, 0.15) is 30.2 Å². The van der Waals surface area contributed by atoms with E-state index in [1.54, 1.807) is 29.1 Å². The van der Waals surface area contributed by atoms with Crippen molar-refractivity contribution in [2.45, 2.75) is 13.1 Å². The summed E-state index contributed by atoms with van der Waals surface area (Å²) in [5.41, 5.74) is 2.41. The molecule has 9 heteroatoms. The second-order valence-corrected chi connectivity index (χ2v) is 6.42. The molecule has 0 radical (unpaired) electrons. The van der Waals surface area contributed by atoms with Gasteiger partial charge in [-0.3, -0.25) is 9.36 Å². The van der Waals surface area contributed by atoms with Crippen LogP contribution in [0.2, 0.25) is 10.2 Å². The van der Waals surface area contributed by atoms with E-state index < -0.39 is 6.17 Å². The number of hydrogen-bond donors (Lipinski definition) is 1. The molecule has 1 unspecified atom stereocenters. The number of rotatable bonds is 2. The molecule has 0 fully saturated rings. The number of halogens is 2. The lowest BCUT2D eigenvalue weighted by Gasteiger charge is -2.12. The minimum absolute atomic E-state index is 0.247. The summed E-state index contributed by atoms with van der Waals surface area (Å²) < 4.78 is 1.73. The quantitative estimate of drug-likeness (QED) is 0.686. The summed E-state index contributed by atoms with van der Waals surface area (Å²) in [6.07, 6.45) is 0.804. The first kappa shape index (κ1) is 16.7. The molecule has 4 rings (SSSR count). The summed E-state index contributed by atoms with van der Waals surface area (Å²) in [7, 11) is 0. The molecule has 3 heterocycles. The van der Waals surface area contributed by atoms with Gasteiger partial charge < -0.3 is 5.32 Å². The number of nitrogens with one attached hydrogen (secondary N) is 1. The van der Waals surface area contributed by atoms with Gasteiger partial charge in [-0.15, -0.1) is 10.2 Å². The molecular weight excluding hydrogens is 375 g/mol. The van der Waals surface area contributed by atoms with Crippen LogP contribution in [0.5, 0.6) is 0 Å². The Hall–Kier alpha value is -2.77. The van der Waals surface area contributed by atoms with Gasteiger partial charge in [0.25, 0.3) is 0 Å². The molecule has 1 aliphatic heterocycles. The van der Waals surface area contributed by atoms with Gasteiger partial charge in [0.2, 0.25) is 5.91 Å². The van der Waals surface area contributed by atoms with Gasteiger partial charge in [0, 0.05) is 12.5 Å². The fourth-order valence-electron chi connectivity index (χ4n) is 2.80. The normalized spacial score (nSPS) is 15.5. The summed E-state index contributed by atoms with van der Waals surface area (Å²) in [4.78, 5) is 20.8. The molecule has 0 saturated heterocycles. The second kappa shape index (κ2) is 6.51. The summed E-state index contributed by atoms with van der Waals surface area (Å²) in [6, 6.07) is 10.8. The first-order valence-corrected chi connectivity index (χ1v) is 8.47. The number of hydrogen-bond acceptors (Lipinski definition) is 5. The Bertz CT molecular complexity index is 1050. The first-order valence-electron chi connectivity index (χ1n) is 7.71. The topological polar surface area (TPSA) is 85.1 Å². The third-order valence-electron chi connectivity index (χ3n) is 3.87. The summed E-state index contributed by atoms with van der Waals surface area (Å²) in [6.45, 7) is 1.42. The molecule has 1 aliphatic rings. The van der Waals surface area contributed by atoms with E-state index >= 15 is 0 Å². The maximum absolute atomic E-state index is 11.7. The number of benzene rings is 1. The maximum Gasteiger partial charge on any atom is 0.218 e. The molecule has 1 N–H and O–H groups in total. The molecule has 130 valence electrons. The van der Waals surface area contributed by atoms with Crippen LogP contribution in [0.4, 0.5) is 0 Å². The Morgan fingerprint density at radius 1 is 1.19 bits per heavy atom. The molecule has 3 aromatic rings. The number of amides is 1. The standard InChI is InChI=1S/C17H12Cl2N6O/c1-9(26)21-16-17-24-20-8-25(17)12-6-7-13(19)22-15(12)14(23-16)10-4-2-3-5-11(10)18/h2-8,16H,1H3,(H,21,26). The van der Waals surface area contributed by atoms with Crippen LogP contribution in [-0.2, 0) is 4.79 Å². The number of fused-ring (bicyclic) bond motifs is 3. The number of aromatic nitrogens is 4. The predicted octanol–water partition coefficient (Wildman–Crippen LogP) is 2.95. The lowest BCUT2D eigenvalue weighted by atomic mass is 10.1. The van der Waals surface area contributed by atoms with Gasteiger partial charge in [-0.1, -0.05) is 41.4 Å². The highest BCUT2D eigenvalue weighted by molar-refractivity contribution is 6.35. The minimum Gasteiger partial charge on any atom is -0.328 e. The highest BCUT2D eigenvalue weighted by Crippen LogP contribution is 2.30. The summed E-state index contributed by atoms with van der Waals surface area (Å²) >= 11 is 12.5. The fraction of sp³-hybridized carbons (Fsp3) is 0.118. The summed E-state index contributed by atoms with van der Waals surface area (Å²) in [5, 5.41) is 11.7. The van der Waals surface area contributed by atoms with Crippen LogP contribution in [-0.4, -0.2) is 31.4 Å². The van der Waals surface area contributed by atoms with Crippen molar-refractivity contribution in [1.82, 2.24) is 25.1 Å². The summed E-state index contributed by atoms with van der Waals surface area (Å²) in [5.74, 6) is 0.219. The van der Waals surface area contributed by atoms with Crippen molar-refractivity contribution in [3.05, 3.63) is 70.0 Å². The molecule has 1 amide bonds. The van der Waals surface area contributed by atoms with Crippen molar-refractivity contribution >= 4 is 34.8 Å². The zero-order valence-electron chi connectivity index (χ0n) is 13.5. The van der Waals surface area contributed by atoms with Crippen molar-refractivity contribution in [3.8, 4) is 5.69 Å². The van der Waals surface area contributed by atoms with Crippen LogP contribution in [0, 0.1) is 0 Å². The van der Waals surface area contributed by atoms with Gasteiger partial charge >= 0.3 is 0 Å². The molecular formula is C17H12Cl2N6O. The molecule has 0 spiro atoms. The van der Waals surface area contributed by atoms with Crippen molar-refractivity contribution < 1.29 is 4.79 Å². The Morgan fingerprint density at radius 2 is 2.00 bits per heavy atom. The molecule has 0 saturated carbocycles. The monoisotopic (exact) mass is 386 g/mol. The number of carbonyl (C=O) groups excluding carboxylic acids is 1. The van der Waals surface area contributed by atoms with Crippen molar-refractivity contribution in [2.75, 3.05) is 0 Å². The third-order valence-corrected chi connectivity index (χ3v) is 4.41. The van der Waals surface area contributed by atoms with Gasteiger partial charge in [0.15, 0.2) is 12.0 Å². The Balaban J connectivity index is 2.03. The Labute approximate surface area is 158 Å². The van der Waals surface area contributed by atoms with Crippen LogP contribution in [0.15, 0.2) is 47.7 Å². The zero-order valence-corrected chi connectivity index (χ0v) is 15.0. The number of aliphatic imine (C=N–C) groups is 1. The van der Waals surface area contributed by atoms with E-state index in [0.717, 1.165) is 0 Å². The van der Waals surface area contributed by atoms with E-state index in [4.69, 9.17) is 28.2 Å². The van der Waals surface area contributed by atoms with Crippen LogP contribution >= 0.6 is 23.2 Å². The van der Waals surface area contributed by atoms with E-state index in [9.17, 15) is 4.79 Å². The largest absolute Gasteiger partial charge is 0.328 e. The van der Waals surface area contributed by atoms with Gasteiger partial charge in [-0.05, 0) is 18.2 Å². The maximum atomic E-state index is 11.7. The zero-order chi connectivity index (χ0) is 18.3. The van der Waals surface area contributed by atoms with Gasteiger partial charge in [0.1, 0.15) is 17.2 Å². The van der Waals surface area contributed by atoms with Crippen molar-refractivity contribution in [2.24, 2.45) is 4.99 Å². The fourth-order valence-corrected chi connectivity index (χ4v) is 3.17. The van der Waals surface area contributed by atoms with Gasteiger partial charge in [0.05, 0.1) is 16.4 Å². The molecule has 2 aromatic heterocycles. The highest BCUT2D eigenvalue weighted by atomic mass is 35.5. The third kappa shape index (κ3) is 2.85. The van der Waals surface area contributed by atoms with Crippen LogP contribution in [0.3, 0.4) is 0 Å². The van der Waals surface area contributed by atoms with E-state index in [0.29, 0.717) is 38.7 Å². The smallest absolute Gasteiger partial charge is 0.218 e. The van der Waals surface area contributed by atoms with Gasteiger partial charge in [-0.2, -0.15) is 0 Å².